The van der Waals surface area contributed by atoms with Gasteiger partial charge in [0, 0.05) is 6.26 Å². The molecule has 0 fully saturated rings. The van der Waals surface area contributed by atoms with Crippen molar-refractivity contribution in [2.75, 3.05) is 6.26 Å². The third-order valence-electron chi connectivity index (χ3n) is 3.34. The van der Waals surface area contributed by atoms with Crippen LogP contribution in [-0.2, 0) is 20.0 Å². The molecule has 5 nitrogen and oxygen atoms in total. The highest BCUT2D eigenvalue weighted by atomic mass is 35.5. The Morgan fingerprint density at radius 3 is 2.21 bits per heavy atom. The number of para-hydroxylation sites is 1. The summed E-state index contributed by atoms with van der Waals surface area (Å²) in [6.45, 7) is 3.82. The number of halogens is 1. The quantitative estimate of drug-likeness (QED) is 0.731. The fourth-order valence-corrected chi connectivity index (χ4v) is 4.28. The molecule has 2 aromatic rings. The fraction of sp³-hybridized carbons (Fsp3) is 0.250. The van der Waals surface area contributed by atoms with Gasteiger partial charge < -0.3 is 4.18 Å². The summed E-state index contributed by atoms with van der Waals surface area (Å²) in [7, 11) is -7.85. The molecule has 0 heterocycles. The first-order valence-electron chi connectivity index (χ1n) is 7.05. The molecule has 0 unspecified atom stereocenters. The standard InChI is InChI=1S/C16H17ClO5S2/c1-11(2)13-6-4-5-7-15(13)22-24(20,21)16-10-12(23(3,18)19)8-9-14(16)17/h4-11H,1-3H3. The Morgan fingerprint density at radius 2 is 1.62 bits per heavy atom. The van der Waals surface area contributed by atoms with Gasteiger partial charge in [0.05, 0.1) is 9.92 Å². The molecule has 0 bridgehead atoms. The van der Waals surface area contributed by atoms with Gasteiger partial charge in [-0.1, -0.05) is 43.6 Å². The van der Waals surface area contributed by atoms with E-state index in [-0.39, 0.29) is 26.5 Å². The van der Waals surface area contributed by atoms with Crippen LogP contribution in [0.1, 0.15) is 25.3 Å². The van der Waals surface area contributed by atoms with Crippen LogP contribution < -0.4 is 4.18 Å². The molecule has 2 aromatic carbocycles. The predicted molar refractivity (Wildman–Crippen MR) is 92.9 cm³/mol. The SMILES string of the molecule is CC(C)c1ccccc1OS(=O)(=O)c1cc(S(C)(=O)=O)ccc1Cl. The molecule has 0 radical (unpaired) electrons. The van der Waals surface area contributed by atoms with E-state index in [1.165, 1.54) is 12.1 Å². The molecule has 0 atom stereocenters. The van der Waals surface area contributed by atoms with Gasteiger partial charge in [-0.05, 0) is 35.7 Å². The van der Waals surface area contributed by atoms with E-state index < -0.39 is 20.0 Å². The van der Waals surface area contributed by atoms with E-state index in [2.05, 4.69) is 0 Å². The van der Waals surface area contributed by atoms with Crippen molar-refractivity contribution in [2.24, 2.45) is 0 Å². The van der Waals surface area contributed by atoms with Gasteiger partial charge in [0.25, 0.3) is 0 Å². The molecule has 2 rings (SSSR count). The first-order valence-corrected chi connectivity index (χ1v) is 10.7. The third kappa shape index (κ3) is 4.09. The Morgan fingerprint density at radius 1 is 1.00 bits per heavy atom. The summed E-state index contributed by atoms with van der Waals surface area (Å²) in [5.74, 6) is 0.238. The lowest BCUT2D eigenvalue weighted by Gasteiger charge is -2.14. The van der Waals surface area contributed by atoms with Crippen LogP contribution in [0.25, 0.3) is 0 Å². The molecule has 0 aliphatic rings. The Hall–Kier alpha value is -1.57. The molecule has 0 spiro atoms. The van der Waals surface area contributed by atoms with E-state index in [4.69, 9.17) is 15.8 Å². The lowest BCUT2D eigenvalue weighted by Crippen LogP contribution is -2.13. The number of rotatable bonds is 5. The molecule has 0 amide bonds. The van der Waals surface area contributed by atoms with Crippen LogP contribution in [-0.4, -0.2) is 23.1 Å². The Balaban J connectivity index is 2.53. The molecule has 0 N–H and O–H groups in total. The minimum absolute atomic E-state index is 0.0502. The first kappa shape index (κ1) is 18.8. The van der Waals surface area contributed by atoms with E-state index in [0.29, 0.717) is 0 Å². The van der Waals surface area contributed by atoms with Gasteiger partial charge in [0.1, 0.15) is 10.6 Å². The second kappa shape index (κ2) is 6.74. The van der Waals surface area contributed by atoms with Crippen LogP contribution in [0.3, 0.4) is 0 Å². The zero-order chi connectivity index (χ0) is 18.1. The van der Waals surface area contributed by atoms with E-state index in [1.54, 1.807) is 24.3 Å². The Bertz CT molecular complexity index is 964. The maximum atomic E-state index is 12.6. The molecule has 8 heteroatoms. The Kier molecular flexibility index (Phi) is 5.27. The van der Waals surface area contributed by atoms with Crippen molar-refractivity contribution in [1.29, 1.82) is 0 Å². The van der Waals surface area contributed by atoms with Crippen molar-refractivity contribution in [2.45, 2.75) is 29.6 Å². The lowest BCUT2D eigenvalue weighted by molar-refractivity contribution is 0.481. The zero-order valence-electron chi connectivity index (χ0n) is 13.4. The molecular formula is C16H17ClO5S2. The summed E-state index contributed by atoms with van der Waals surface area (Å²) in [6.07, 6.45) is 0.988. The van der Waals surface area contributed by atoms with Crippen molar-refractivity contribution in [3.05, 3.63) is 53.1 Å². The van der Waals surface area contributed by atoms with Gasteiger partial charge in [-0.25, -0.2) is 8.42 Å². The summed E-state index contributed by atoms with van der Waals surface area (Å²) in [5.41, 5.74) is 0.719. The second-order valence-corrected chi connectivity index (χ2v) is 9.53. The van der Waals surface area contributed by atoms with Crippen LogP contribution in [0.5, 0.6) is 5.75 Å². The maximum absolute atomic E-state index is 12.6. The van der Waals surface area contributed by atoms with Gasteiger partial charge in [-0.2, -0.15) is 8.42 Å². The molecule has 130 valence electrons. The van der Waals surface area contributed by atoms with Gasteiger partial charge in [0.2, 0.25) is 0 Å². The summed E-state index contributed by atoms with van der Waals surface area (Å²) >= 11 is 5.95. The summed E-state index contributed by atoms with van der Waals surface area (Å²) in [5, 5.41) is -0.107. The normalized spacial score (nSPS) is 12.4. The largest absolute Gasteiger partial charge is 0.379 e. The molecule has 0 aliphatic heterocycles. The van der Waals surface area contributed by atoms with E-state index in [1.807, 2.05) is 13.8 Å². The van der Waals surface area contributed by atoms with Crippen LogP contribution >= 0.6 is 11.6 Å². The summed E-state index contributed by atoms with van der Waals surface area (Å²) in [6, 6.07) is 10.2. The average Bonchev–Trinajstić information content (AvgIpc) is 2.46. The van der Waals surface area contributed by atoms with Crippen molar-refractivity contribution < 1.29 is 21.0 Å². The monoisotopic (exact) mass is 388 g/mol. The highest BCUT2D eigenvalue weighted by Gasteiger charge is 2.24. The minimum atomic E-state index is -4.28. The van der Waals surface area contributed by atoms with Crippen LogP contribution in [0.15, 0.2) is 52.3 Å². The number of benzene rings is 2. The van der Waals surface area contributed by atoms with Crippen molar-refractivity contribution in [3.63, 3.8) is 0 Å². The van der Waals surface area contributed by atoms with Crippen LogP contribution in [0.4, 0.5) is 0 Å². The minimum Gasteiger partial charge on any atom is -0.379 e. The summed E-state index contributed by atoms with van der Waals surface area (Å²) in [4.78, 5) is -0.531. The molecule has 0 aliphatic carbocycles. The predicted octanol–water partition coefficient (Wildman–Crippen LogP) is 3.63. The highest BCUT2D eigenvalue weighted by molar-refractivity contribution is 7.90. The fourth-order valence-electron chi connectivity index (χ4n) is 2.10. The topological polar surface area (TPSA) is 77.5 Å². The van der Waals surface area contributed by atoms with E-state index in [9.17, 15) is 16.8 Å². The van der Waals surface area contributed by atoms with Gasteiger partial charge >= 0.3 is 10.1 Å². The zero-order valence-corrected chi connectivity index (χ0v) is 15.7. The van der Waals surface area contributed by atoms with E-state index in [0.717, 1.165) is 17.9 Å². The molecule has 24 heavy (non-hydrogen) atoms. The van der Waals surface area contributed by atoms with Crippen molar-refractivity contribution in [1.82, 2.24) is 0 Å². The number of hydrogen-bond acceptors (Lipinski definition) is 5. The van der Waals surface area contributed by atoms with Crippen LogP contribution in [0.2, 0.25) is 5.02 Å². The lowest BCUT2D eigenvalue weighted by atomic mass is 10.0. The number of sulfone groups is 1. The van der Waals surface area contributed by atoms with Gasteiger partial charge in [-0.15, -0.1) is 0 Å². The van der Waals surface area contributed by atoms with Crippen LogP contribution in [0, 0.1) is 0 Å². The second-order valence-electron chi connectivity index (χ2n) is 5.59. The van der Waals surface area contributed by atoms with E-state index >= 15 is 0 Å². The smallest absolute Gasteiger partial charge is 0.340 e. The molecule has 0 saturated heterocycles. The molecule has 0 aromatic heterocycles. The average molecular weight is 389 g/mol. The molecule has 0 saturated carbocycles. The first-order chi connectivity index (χ1) is 11.0. The van der Waals surface area contributed by atoms with Gasteiger partial charge in [0.15, 0.2) is 9.84 Å². The Labute approximate surface area is 147 Å². The third-order valence-corrected chi connectivity index (χ3v) is 6.17. The number of hydrogen-bond donors (Lipinski definition) is 0. The van der Waals surface area contributed by atoms with Crippen molar-refractivity contribution in [3.8, 4) is 5.75 Å². The van der Waals surface area contributed by atoms with Crippen molar-refractivity contribution >= 4 is 31.6 Å². The van der Waals surface area contributed by atoms with Gasteiger partial charge in [-0.3, -0.25) is 0 Å². The molecular weight excluding hydrogens is 372 g/mol. The summed E-state index contributed by atoms with van der Waals surface area (Å²) < 4.78 is 53.7. The highest BCUT2D eigenvalue weighted by Crippen LogP contribution is 2.31. The maximum Gasteiger partial charge on any atom is 0.340 e.